The van der Waals surface area contributed by atoms with Crippen molar-refractivity contribution in [3.63, 3.8) is 0 Å². The first-order chi connectivity index (χ1) is 10.0. The quantitative estimate of drug-likeness (QED) is 0.831. The van der Waals surface area contributed by atoms with E-state index in [9.17, 15) is 4.79 Å². The van der Waals surface area contributed by atoms with Crippen molar-refractivity contribution >= 4 is 28.7 Å². The molecule has 0 saturated carbocycles. The van der Waals surface area contributed by atoms with E-state index in [-0.39, 0.29) is 17.8 Å². The smallest absolute Gasteiger partial charge is 0.242 e. The molecule has 2 aromatic heterocycles. The molecule has 6 nitrogen and oxygen atoms in total. The first-order valence-corrected chi connectivity index (χ1v) is 7.84. The second kappa shape index (κ2) is 6.47. The number of hydrogen-bond donors (Lipinski definition) is 1. The van der Waals surface area contributed by atoms with Gasteiger partial charge in [0.15, 0.2) is 5.65 Å². The molecule has 2 heterocycles. The Labute approximate surface area is 129 Å². The molecule has 1 atom stereocenters. The van der Waals surface area contributed by atoms with Gasteiger partial charge in [0.05, 0.1) is 11.6 Å². The molecule has 0 aliphatic rings. The van der Waals surface area contributed by atoms with Gasteiger partial charge in [0.1, 0.15) is 17.4 Å². The van der Waals surface area contributed by atoms with Crippen LogP contribution < -0.4 is 5.32 Å². The van der Waals surface area contributed by atoms with Crippen LogP contribution in [0.2, 0.25) is 0 Å². The van der Waals surface area contributed by atoms with Gasteiger partial charge in [-0.15, -0.1) is 11.6 Å². The molecule has 0 spiro atoms. The Bertz CT molecular complexity index is 645. The molecule has 21 heavy (non-hydrogen) atoms. The normalized spacial score (nSPS) is 12.8. The van der Waals surface area contributed by atoms with Crippen LogP contribution in [0.25, 0.3) is 11.2 Å². The highest BCUT2D eigenvalue weighted by Crippen LogP contribution is 2.25. The van der Waals surface area contributed by atoms with Crippen LogP contribution in [0.4, 0.5) is 0 Å². The minimum atomic E-state index is -0.365. The molecular formula is C14H22ClN5O. The topological polar surface area (TPSA) is 64.7 Å². The molecule has 0 radical (unpaired) electrons. The number of aryl methyl sites for hydroxylation is 2. The number of imidazole rings is 1. The van der Waals surface area contributed by atoms with Crippen LogP contribution >= 0.6 is 11.6 Å². The van der Waals surface area contributed by atoms with Crippen LogP contribution in [0.3, 0.4) is 0 Å². The summed E-state index contributed by atoms with van der Waals surface area (Å²) in [6, 6.07) is -0.365. The Morgan fingerprint density at radius 1 is 1.43 bits per heavy atom. The van der Waals surface area contributed by atoms with Gasteiger partial charge in [0.25, 0.3) is 0 Å². The van der Waals surface area contributed by atoms with Gasteiger partial charge in [-0.3, -0.25) is 14.0 Å². The van der Waals surface area contributed by atoms with E-state index >= 15 is 0 Å². The molecule has 0 bridgehead atoms. The van der Waals surface area contributed by atoms with Crippen molar-refractivity contribution in [1.82, 2.24) is 24.6 Å². The Kier molecular flexibility index (Phi) is 4.88. The van der Waals surface area contributed by atoms with E-state index in [1.807, 2.05) is 32.4 Å². The molecule has 0 aliphatic carbocycles. The number of hydrogen-bond acceptors (Lipinski definition) is 3. The standard InChI is InChI=1S/C14H22ClN5O/c1-5-7-16-13(21)9(3)20-11(8-15)17-12-10(6-2)18-19(4)14(12)20/h9H,5-8H2,1-4H3,(H,16,21). The van der Waals surface area contributed by atoms with Gasteiger partial charge >= 0.3 is 0 Å². The number of carbonyl (C=O) groups excluding carboxylic acids is 1. The summed E-state index contributed by atoms with van der Waals surface area (Å²) >= 11 is 6.02. The van der Waals surface area contributed by atoms with Crippen molar-refractivity contribution in [2.75, 3.05) is 6.54 Å². The first-order valence-electron chi connectivity index (χ1n) is 7.31. The summed E-state index contributed by atoms with van der Waals surface area (Å²) in [6.45, 7) is 6.60. The lowest BCUT2D eigenvalue weighted by atomic mass is 10.3. The van der Waals surface area contributed by atoms with E-state index in [1.165, 1.54) is 0 Å². The molecule has 2 aromatic rings. The number of amides is 1. The molecule has 7 heteroatoms. The van der Waals surface area contributed by atoms with Gasteiger partial charge in [-0.1, -0.05) is 13.8 Å². The molecule has 0 saturated heterocycles. The fraction of sp³-hybridized carbons (Fsp3) is 0.643. The van der Waals surface area contributed by atoms with Crippen molar-refractivity contribution in [1.29, 1.82) is 0 Å². The van der Waals surface area contributed by atoms with Gasteiger partial charge in [0.2, 0.25) is 5.91 Å². The summed E-state index contributed by atoms with van der Waals surface area (Å²) in [5, 5.41) is 7.38. The van der Waals surface area contributed by atoms with E-state index in [1.54, 1.807) is 4.68 Å². The summed E-state index contributed by atoms with van der Waals surface area (Å²) in [5.74, 6) is 0.943. The monoisotopic (exact) mass is 311 g/mol. The minimum Gasteiger partial charge on any atom is -0.354 e. The Balaban J connectivity index is 2.50. The summed E-state index contributed by atoms with van der Waals surface area (Å²) in [5.41, 5.74) is 2.62. The van der Waals surface area contributed by atoms with Gasteiger partial charge in [-0.05, 0) is 19.8 Å². The molecule has 2 rings (SSSR count). The SMILES string of the molecule is CCCNC(=O)C(C)n1c(CCl)nc2c(CC)nn(C)c21. The second-order valence-corrected chi connectivity index (χ2v) is 5.36. The number of alkyl halides is 1. The molecule has 116 valence electrons. The van der Waals surface area contributed by atoms with Crippen molar-refractivity contribution in [2.45, 2.75) is 45.5 Å². The Morgan fingerprint density at radius 3 is 2.71 bits per heavy atom. The molecular weight excluding hydrogens is 290 g/mol. The van der Waals surface area contributed by atoms with Crippen LogP contribution in [0.1, 0.15) is 44.8 Å². The average Bonchev–Trinajstić information content (AvgIpc) is 3.01. The highest BCUT2D eigenvalue weighted by atomic mass is 35.5. The summed E-state index contributed by atoms with van der Waals surface area (Å²) in [6.07, 6.45) is 1.71. The fourth-order valence-corrected chi connectivity index (χ4v) is 2.69. The highest BCUT2D eigenvalue weighted by molar-refractivity contribution is 6.16. The first kappa shape index (κ1) is 15.8. The zero-order valence-corrected chi connectivity index (χ0v) is 13.7. The largest absolute Gasteiger partial charge is 0.354 e. The number of nitrogens with zero attached hydrogens (tertiary/aromatic N) is 4. The maximum absolute atomic E-state index is 12.3. The van der Waals surface area contributed by atoms with Crippen LogP contribution in [-0.2, 0) is 24.1 Å². The maximum atomic E-state index is 12.3. The third-order valence-electron chi connectivity index (χ3n) is 3.58. The summed E-state index contributed by atoms with van der Waals surface area (Å²) < 4.78 is 3.67. The van der Waals surface area contributed by atoms with Gasteiger partial charge < -0.3 is 5.32 Å². The van der Waals surface area contributed by atoms with Crippen molar-refractivity contribution in [3.05, 3.63) is 11.5 Å². The second-order valence-electron chi connectivity index (χ2n) is 5.09. The third kappa shape index (κ3) is 2.77. The van der Waals surface area contributed by atoms with Crippen LogP contribution in [0.5, 0.6) is 0 Å². The average molecular weight is 312 g/mol. The molecule has 1 unspecified atom stereocenters. The van der Waals surface area contributed by atoms with Crippen LogP contribution in [0, 0.1) is 0 Å². The van der Waals surface area contributed by atoms with E-state index in [0.29, 0.717) is 12.4 Å². The van der Waals surface area contributed by atoms with Gasteiger partial charge in [0, 0.05) is 13.6 Å². The lowest BCUT2D eigenvalue weighted by Crippen LogP contribution is -2.32. The minimum absolute atomic E-state index is 0.0261. The fourth-order valence-electron chi connectivity index (χ4n) is 2.50. The van der Waals surface area contributed by atoms with Crippen LogP contribution in [-0.4, -0.2) is 31.8 Å². The number of fused-ring (bicyclic) bond motifs is 1. The molecule has 0 fully saturated rings. The zero-order valence-electron chi connectivity index (χ0n) is 13.0. The Hall–Kier alpha value is -1.56. The van der Waals surface area contributed by atoms with Crippen LogP contribution in [0.15, 0.2) is 0 Å². The predicted octanol–water partition coefficient (Wildman–Crippen LogP) is 2.16. The van der Waals surface area contributed by atoms with Crippen molar-refractivity contribution in [3.8, 4) is 0 Å². The molecule has 0 aromatic carbocycles. The summed E-state index contributed by atoms with van der Waals surface area (Å²) in [4.78, 5) is 16.8. The van der Waals surface area contributed by atoms with Crippen molar-refractivity contribution < 1.29 is 4.79 Å². The van der Waals surface area contributed by atoms with E-state index in [2.05, 4.69) is 15.4 Å². The number of rotatable bonds is 6. The molecule has 1 N–H and O–H groups in total. The number of aromatic nitrogens is 4. The lowest BCUT2D eigenvalue weighted by molar-refractivity contribution is -0.123. The maximum Gasteiger partial charge on any atom is 0.242 e. The van der Waals surface area contributed by atoms with Gasteiger partial charge in [-0.2, -0.15) is 5.10 Å². The number of halogens is 1. The van der Waals surface area contributed by atoms with Gasteiger partial charge in [-0.25, -0.2) is 4.98 Å². The summed E-state index contributed by atoms with van der Waals surface area (Å²) in [7, 11) is 1.87. The van der Waals surface area contributed by atoms with E-state index in [0.717, 1.165) is 29.7 Å². The number of nitrogens with one attached hydrogen (secondary N) is 1. The highest BCUT2D eigenvalue weighted by Gasteiger charge is 2.24. The Morgan fingerprint density at radius 2 is 2.14 bits per heavy atom. The van der Waals surface area contributed by atoms with E-state index in [4.69, 9.17) is 11.6 Å². The zero-order chi connectivity index (χ0) is 15.6. The predicted molar refractivity (Wildman–Crippen MR) is 83.4 cm³/mol. The lowest BCUT2D eigenvalue weighted by Gasteiger charge is -2.16. The molecule has 1 amide bonds. The van der Waals surface area contributed by atoms with Crippen molar-refractivity contribution in [2.24, 2.45) is 7.05 Å². The number of carbonyl (C=O) groups is 1. The third-order valence-corrected chi connectivity index (χ3v) is 3.82. The van der Waals surface area contributed by atoms with E-state index < -0.39 is 0 Å². The molecule has 0 aliphatic heterocycles.